The van der Waals surface area contributed by atoms with E-state index in [4.69, 9.17) is 11.5 Å². The van der Waals surface area contributed by atoms with Gasteiger partial charge >= 0.3 is 18.5 Å². The van der Waals surface area contributed by atoms with Crippen LogP contribution in [0.1, 0.15) is 78.4 Å². The van der Waals surface area contributed by atoms with E-state index in [1.165, 1.54) is 24.8 Å². The minimum atomic E-state index is -4.60. The van der Waals surface area contributed by atoms with Gasteiger partial charge in [0.2, 0.25) is 0 Å². The Morgan fingerprint density at radius 2 is 1.45 bits per heavy atom. The number of hydrogen-bond acceptors (Lipinski definition) is 4. The molecule has 0 atom stereocenters. The molecule has 0 unspecified atom stereocenters. The fourth-order valence-corrected chi connectivity index (χ4v) is 7.09. The molecule has 0 fully saturated rings. The van der Waals surface area contributed by atoms with Crippen LogP contribution < -0.4 is 0 Å². The van der Waals surface area contributed by atoms with Crippen molar-refractivity contribution >= 4 is 38.0 Å². The summed E-state index contributed by atoms with van der Waals surface area (Å²) < 4.78 is 119. The zero-order chi connectivity index (χ0) is 42.0. The van der Waals surface area contributed by atoms with E-state index in [-0.39, 0.29) is 31.9 Å². The fraction of sp³-hybridized carbons (Fsp3) is 0.381. The number of nitrogens with zero attached hydrogens (tertiary/aromatic N) is 1. The third kappa shape index (κ3) is 12.4. The Morgan fingerprint density at radius 1 is 0.857 bits per heavy atom. The second kappa shape index (κ2) is 17.8. The maximum Gasteiger partial charge on any atom is 0.394 e. The van der Waals surface area contributed by atoms with Gasteiger partial charge in [0.15, 0.2) is 5.78 Å². The molecule has 5 aromatic rings. The molecule has 0 aliphatic heterocycles. The van der Waals surface area contributed by atoms with Crippen molar-refractivity contribution < 1.29 is 70.9 Å². The summed E-state index contributed by atoms with van der Waals surface area (Å²) in [7, 11) is 0. The Bertz CT molecular complexity index is 2220. The number of alkyl halides is 9. The second-order valence-electron chi connectivity index (χ2n) is 15.0. The summed E-state index contributed by atoms with van der Waals surface area (Å²) in [4.78, 5) is 16.9. The minimum absolute atomic E-state index is 0. The Hall–Kier alpha value is -3.74. The first-order valence-electron chi connectivity index (χ1n) is 17.7. The maximum absolute atomic E-state index is 13.4. The molecule has 0 bridgehead atoms. The van der Waals surface area contributed by atoms with Gasteiger partial charge in [-0.1, -0.05) is 88.0 Å². The van der Waals surface area contributed by atoms with E-state index in [0.717, 1.165) is 42.7 Å². The van der Waals surface area contributed by atoms with Gasteiger partial charge < -0.3 is 5.11 Å². The molecule has 5 rings (SSSR count). The van der Waals surface area contributed by atoms with Crippen LogP contribution in [-0.4, -0.2) is 34.4 Å². The Kier molecular flexibility index (Phi) is 14.3. The number of allylic oxidation sites excluding steroid dienone is 2. The van der Waals surface area contributed by atoms with Crippen LogP contribution in [0.25, 0.3) is 42.6 Å². The third-order valence-electron chi connectivity index (χ3n) is 8.89. The number of hydrogen-bond donors (Lipinski definition) is 1. The summed E-state index contributed by atoms with van der Waals surface area (Å²) in [6.45, 7) is 11.3. The van der Waals surface area contributed by atoms with Crippen LogP contribution in [0, 0.1) is 18.4 Å². The predicted octanol–water partition coefficient (Wildman–Crippen LogP) is 14.0. The zero-order valence-corrected chi connectivity index (χ0v) is 34.5. The summed E-state index contributed by atoms with van der Waals surface area (Å²) >= 11 is 1.68. The average molecular weight is 988 g/mol. The summed E-state index contributed by atoms with van der Waals surface area (Å²) in [5, 5.41) is 12.4. The van der Waals surface area contributed by atoms with Gasteiger partial charge in [-0.3, -0.25) is 9.78 Å². The van der Waals surface area contributed by atoms with Crippen molar-refractivity contribution in [3.63, 3.8) is 0 Å². The number of pyridine rings is 1. The van der Waals surface area contributed by atoms with Crippen molar-refractivity contribution in [3.05, 3.63) is 101 Å². The number of aromatic nitrogens is 1. The molecule has 2 heterocycles. The van der Waals surface area contributed by atoms with E-state index < -0.39 is 67.2 Å². The van der Waals surface area contributed by atoms with Crippen LogP contribution in [0.15, 0.2) is 78.7 Å². The van der Waals surface area contributed by atoms with Gasteiger partial charge in [-0.25, -0.2) is 0 Å². The molecule has 3 aromatic carbocycles. The molecule has 3 nitrogen and oxygen atoms in total. The van der Waals surface area contributed by atoms with E-state index in [2.05, 4.69) is 58.0 Å². The van der Waals surface area contributed by atoms with Crippen molar-refractivity contribution in [2.45, 2.75) is 97.6 Å². The molecule has 0 saturated heterocycles. The first-order valence-corrected chi connectivity index (χ1v) is 18.1. The van der Waals surface area contributed by atoms with E-state index >= 15 is 0 Å². The second-order valence-corrected chi connectivity index (χ2v) is 16.0. The van der Waals surface area contributed by atoms with Crippen molar-refractivity contribution in [1.82, 2.24) is 4.98 Å². The number of rotatable bonds is 9. The number of halogens is 9. The SMILES string of the molecule is Cc1c(-c2ccc(CC(C)(C)C(F)(F)F)cc2)sc2c(-c3[c-]c4ccccc4c(C(C)(C)C)c3)nccc12.[2H]/C(C(=O)CCC(F)(F)F)=C(/O)CCC(F)(F)F.[Ir]. The molecule has 0 amide bonds. The third-order valence-corrected chi connectivity index (χ3v) is 10.2. The largest absolute Gasteiger partial charge is 0.512 e. The normalized spacial score (nSPS) is 13.4. The molecule has 56 heavy (non-hydrogen) atoms. The number of aliphatic hydroxyl groups is 1. The minimum Gasteiger partial charge on any atom is -0.512 e. The fourth-order valence-electron chi connectivity index (χ4n) is 5.78. The topological polar surface area (TPSA) is 50.2 Å². The molecule has 0 saturated carbocycles. The molecule has 2 aromatic heterocycles. The Labute approximate surface area is 338 Å². The number of aliphatic hydroxyl groups excluding tert-OH is 1. The van der Waals surface area contributed by atoms with E-state index in [9.17, 15) is 44.3 Å². The van der Waals surface area contributed by atoms with Gasteiger partial charge in [-0.15, -0.1) is 40.5 Å². The van der Waals surface area contributed by atoms with Crippen molar-refractivity contribution in [2.75, 3.05) is 0 Å². The smallest absolute Gasteiger partial charge is 0.394 e. The first kappa shape index (κ1) is 45.0. The summed E-state index contributed by atoms with van der Waals surface area (Å²) in [6.07, 6.45) is -16.6. The summed E-state index contributed by atoms with van der Waals surface area (Å²) in [6, 6.07) is 22.5. The van der Waals surface area contributed by atoms with Gasteiger partial charge in [-0.2, -0.15) is 39.5 Å². The standard InChI is InChI=1S/C33H31F3NS.C9H10F6O2.Ir/c1-20-25-15-16-37-28(24-17-23-9-7-8-10-26(23)27(18-24)31(2,3)4)30(25)38-29(20)22-13-11-21(12-14-22)19-32(5,6)33(34,35)36;10-8(11,12)3-1-6(16)5-7(17)2-4-9(13,14)15;/h7-16,18H,19H2,1-6H3;5,16H,1-4H2;/q-1;;/b;6-5-;/i;5D;. The first-order chi connectivity index (χ1) is 25.7. The molecule has 0 aliphatic carbocycles. The monoisotopic (exact) mass is 988 g/mol. The van der Waals surface area contributed by atoms with Gasteiger partial charge in [0, 0.05) is 60.5 Å². The summed E-state index contributed by atoms with van der Waals surface area (Å²) in [5.41, 5.74) is 4.14. The molecule has 1 N–H and O–H groups in total. The molecular formula is C42H41F9IrNO2S-. The molecule has 14 heteroatoms. The maximum atomic E-state index is 13.4. The Balaban J connectivity index is 0.000000390. The van der Waals surface area contributed by atoms with Crippen LogP contribution in [0.3, 0.4) is 0 Å². The number of carbonyl (C=O) groups excluding carboxylic acids is 1. The number of carbonyl (C=O) groups is 1. The number of fused-ring (bicyclic) bond motifs is 2. The zero-order valence-electron chi connectivity index (χ0n) is 32.3. The average Bonchev–Trinajstić information content (AvgIpc) is 3.43. The van der Waals surface area contributed by atoms with Crippen LogP contribution in [0.2, 0.25) is 0 Å². The molecule has 305 valence electrons. The van der Waals surface area contributed by atoms with Crippen LogP contribution >= 0.6 is 11.3 Å². The Morgan fingerprint density at radius 3 is 2.02 bits per heavy atom. The molecule has 0 aliphatic rings. The van der Waals surface area contributed by atoms with Gasteiger partial charge in [-0.05, 0) is 46.9 Å². The summed E-state index contributed by atoms with van der Waals surface area (Å²) in [5.74, 6) is -2.49. The molecule has 1 radical (unpaired) electrons. The molecule has 0 spiro atoms. The predicted molar refractivity (Wildman–Crippen MR) is 200 cm³/mol. The van der Waals surface area contributed by atoms with Crippen molar-refractivity contribution in [3.8, 4) is 21.7 Å². The van der Waals surface area contributed by atoms with Crippen molar-refractivity contribution in [1.29, 1.82) is 0 Å². The van der Waals surface area contributed by atoms with Crippen molar-refractivity contribution in [2.24, 2.45) is 5.41 Å². The number of aryl methyl sites for hydroxylation is 1. The van der Waals surface area contributed by atoms with Gasteiger partial charge in [0.1, 0.15) is 0 Å². The van der Waals surface area contributed by atoms with E-state index in [0.29, 0.717) is 5.56 Å². The quantitative estimate of drug-likeness (QED) is 0.0693. The van der Waals surface area contributed by atoms with Gasteiger partial charge in [0.05, 0.1) is 25.4 Å². The van der Waals surface area contributed by atoms with E-state index in [1.54, 1.807) is 11.3 Å². The van der Waals surface area contributed by atoms with E-state index in [1.807, 2.05) is 42.6 Å². The van der Waals surface area contributed by atoms with Gasteiger partial charge in [0.25, 0.3) is 0 Å². The number of benzene rings is 3. The van der Waals surface area contributed by atoms with Crippen LogP contribution in [0.5, 0.6) is 0 Å². The van der Waals surface area contributed by atoms with Crippen LogP contribution in [-0.2, 0) is 36.7 Å². The number of ketones is 1. The van der Waals surface area contributed by atoms with Crippen LogP contribution in [0.4, 0.5) is 39.5 Å². The molecular weight excluding hydrogens is 946 g/mol. The number of thiophene rings is 1.